The Labute approximate surface area is 98.8 Å². The Morgan fingerprint density at radius 3 is 2.18 bits per heavy atom. The van der Waals surface area contributed by atoms with Crippen LogP contribution in [0.5, 0.6) is 5.75 Å². The summed E-state index contributed by atoms with van der Waals surface area (Å²) in [6.45, 7) is 0. The molecule has 3 N–H and O–H groups in total. The number of benzene rings is 2. The van der Waals surface area contributed by atoms with Crippen molar-refractivity contribution >= 4 is 11.6 Å². The molecule has 0 bridgehead atoms. The first-order valence-electron chi connectivity index (χ1n) is 4.92. The van der Waals surface area contributed by atoms with Gasteiger partial charge in [-0.15, -0.1) is 0 Å². The molecule has 87 valence electrons. The van der Waals surface area contributed by atoms with Crippen molar-refractivity contribution in [3.63, 3.8) is 0 Å². The van der Waals surface area contributed by atoms with Gasteiger partial charge < -0.3 is 10.4 Å². The van der Waals surface area contributed by atoms with Crippen LogP contribution in [-0.2, 0) is 0 Å². The third-order valence-corrected chi connectivity index (χ3v) is 2.18. The number of anilines is 1. The van der Waals surface area contributed by atoms with Gasteiger partial charge in [0.15, 0.2) is 0 Å². The minimum absolute atomic E-state index is 0. The van der Waals surface area contributed by atoms with Crippen LogP contribution in [0, 0.1) is 0 Å². The van der Waals surface area contributed by atoms with Crippen molar-refractivity contribution in [2.24, 2.45) is 0 Å². The lowest BCUT2D eigenvalue weighted by Crippen LogP contribution is -2.11. The molecule has 2 rings (SSSR count). The topological polar surface area (TPSA) is 79.3 Å². The van der Waals surface area contributed by atoms with Gasteiger partial charge in [-0.1, -0.05) is 30.3 Å². The number of carbonyl (C=O) groups is 1. The lowest BCUT2D eigenvalue weighted by atomic mass is 10.2. The van der Waals surface area contributed by atoms with E-state index in [-0.39, 0.29) is 22.7 Å². The second-order valence-electron chi connectivity index (χ2n) is 3.34. The van der Waals surface area contributed by atoms with E-state index in [0.717, 1.165) is 0 Å². The second kappa shape index (κ2) is 5.67. The van der Waals surface area contributed by atoms with Gasteiger partial charge in [-0.05, 0) is 24.3 Å². The highest BCUT2D eigenvalue weighted by atomic mass is 16.3. The third kappa shape index (κ3) is 3.06. The molecule has 0 aliphatic carbocycles. The quantitative estimate of drug-likeness (QED) is 0.740. The molecule has 0 unspecified atom stereocenters. The molecule has 0 spiro atoms. The maximum absolute atomic E-state index is 11.8. The molecule has 0 aliphatic heterocycles. The molecule has 17 heavy (non-hydrogen) atoms. The number of hydrogen-bond acceptors (Lipinski definition) is 2. The Kier molecular flexibility index (Phi) is 4.25. The van der Waals surface area contributed by atoms with E-state index in [1.807, 2.05) is 18.2 Å². The number of amides is 1. The zero-order chi connectivity index (χ0) is 11.4. The van der Waals surface area contributed by atoms with Crippen LogP contribution in [-0.4, -0.2) is 16.5 Å². The molecule has 1 amide bonds. The van der Waals surface area contributed by atoms with Gasteiger partial charge in [0.25, 0.3) is 5.91 Å². The van der Waals surface area contributed by atoms with Crippen LogP contribution in [0.15, 0.2) is 54.6 Å². The molecule has 2 aromatic rings. The van der Waals surface area contributed by atoms with Crippen molar-refractivity contribution in [2.45, 2.75) is 0 Å². The minimum Gasteiger partial charge on any atom is -0.507 e. The number of para-hydroxylation sites is 2. The summed E-state index contributed by atoms with van der Waals surface area (Å²) in [6.07, 6.45) is 0. The van der Waals surface area contributed by atoms with E-state index in [0.29, 0.717) is 5.69 Å². The van der Waals surface area contributed by atoms with E-state index < -0.39 is 0 Å². The number of phenols is 1. The summed E-state index contributed by atoms with van der Waals surface area (Å²) in [4.78, 5) is 11.8. The Balaban J connectivity index is 0.00000144. The molecule has 0 saturated carbocycles. The number of phenolic OH excluding ortho intramolecular Hbond substituents is 1. The summed E-state index contributed by atoms with van der Waals surface area (Å²) in [5.41, 5.74) is 0.974. The van der Waals surface area contributed by atoms with Gasteiger partial charge in [0.05, 0.1) is 5.56 Å². The predicted octanol–water partition coefficient (Wildman–Crippen LogP) is 2.47. The third-order valence-electron chi connectivity index (χ3n) is 2.18. The smallest absolute Gasteiger partial charge is 0.259 e. The van der Waals surface area contributed by atoms with Crippen molar-refractivity contribution in [3.8, 4) is 5.75 Å². The first-order chi connectivity index (χ1) is 7.77. The maximum atomic E-state index is 11.8. The fraction of sp³-hybridized carbons (Fsp3) is 0. The van der Waals surface area contributed by atoms with Gasteiger partial charge in [-0.3, -0.25) is 10.3 Å². The maximum Gasteiger partial charge on any atom is 0.259 e. The summed E-state index contributed by atoms with van der Waals surface area (Å²) in [6, 6.07) is 15.6. The second-order valence-corrected chi connectivity index (χ2v) is 3.34. The fourth-order valence-corrected chi connectivity index (χ4v) is 1.39. The van der Waals surface area contributed by atoms with Crippen molar-refractivity contribution in [2.75, 3.05) is 5.32 Å². The normalized spacial score (nSPS) is 9.18. The Morgan fingerprint density at radius 2 is 1.53 bits per heavy atom. The molecule has 0 atom stereocenters. The van der Waals surface area contributed by atoms with Crippen LogP contribution in [0.25, 0.3) is 0 Å². The Bertz CT molecular complexity index is 497. The van der Waals surface area contributed by atoms with Crippen LogP contribution in [0.1, 0.15) is 10.4 Å². The molecular formula is C13H12NO3. The number of hydrogen-bond donors (Lipinski definition) is 3. The van der Waals surface area contributed by atoms with Crippen LogP contribution >= 0.6 is 0 Å². The van der Waals surface area contributed by atoms with Gasteiger partial charge in [0, 0.05) is 5.69 Å². The molecule has 0 aromatic heterocycles. The van der Waals surface area contributed by atoms with E-state index in [9.17, 15) is 9.90 Å². The Hall–Kier alpha value is -2.33. The van der Waals surface area contributed by atoms with Crippen LogP contribution < -0.4 is 5.32 Å². The molecule has 0 saturated heterocycles. The highest BCUT2D eigenvalue weighted by Gasteiger charge is 2.09. The van der Waals surface area contributed by atoms with E-state index >= 15 is 0 Å². The van der Waals surface area contributed by atoms with E-state index in [2.05, 4.69) is 5.32 Å². The average molecular weight is 230 g/mol. The highest BCUT2D eigenvalue weighted by Crippen LogP contribution is 2.17. The summed E-state index contributed by atoms with van der Waals surface area (Å²) in [5, 5.41) is 12.2. The van der Waals surface area contributed by atoms with Gasteiger partial charge in [-0.2, -0.15) is 0 Å². The molecule has 4 nitrogen and oxygen atoms in total. The first-order valence-corrected chi connectivity index (χ1v) is 4.92. The van der Waals surface area contributed by atoms with Gasteiger partial charge in [-0.25, -0.2) is 0 Å². The van der Waals surface area contributed by atoms with Gasteiger partial charge in [0.1, 0.15) is 5.75 Å². The first kappa shape index (κ1) is 12.7. The summed E-state index contributed by atoms with van der Waals surface area (Å²) in [7, 11) is 0. The van der Waals surface area contributed by atoms with E-state index in [1.165, 1.54) is 6.07 Å². The molecule has 2 aromatic carbocycles. The number of aromatic hydroxyl groups is 1. The van der Waals surface area contributed by atoms with Crippen LogP contribution in [0.3, 0.4) is 0 Å². The predicted molar refractivity (Wildman–Crippen MR) is 64.4 cm³/mol. The van der Waals surface area contributed by atoms with Crippen molar-refractivity contribution in [1.82, 2.24) is 0 Å². The molecular weight excluding hydrogens is 218 g/mol. The van der Waals surface area contributed by atoms with E-state index in [4.69, 9.17) is 0 Å². The van der Waals surface area contributed by atoms with Gasteiger partial charge in [0.2, 0.25) is 0 Å². The monoisotopic (exact) mass is 230 g/mol. The number of rotatable bonds is 2. The summed E-state index contributed by atoms with van der Waals surface area (Å²) >= 11 is 0. The molecule has 1 radical (unpaired) electrons. The largest absolute Gasteiger partial charge is 0.507 e. The summed E-state index contributed by atoms with van der Waals surface area (Å²) in [5.74, 6) is -0.333. The summed E-state index contributed by atoms with van der Waals surface area (Å²) < 4.78 is 0. The molecule has 0 aliphatic rings. The highest BCUT2D eigenvalue weighted by molar-refractivity contribution is 6.06. The van der Waals surface area contributed by atoms with Crippen molar-refractivity contribution < 1.29 is 15.4 Å². The fourth-order valence-electron chi connectivity index (χ4n) is 1.39. The van der Waals surface area contributed by atoms with Crippen molar-refractivity contribution in [1.29, 1.82) is 0 Å². The SMILES string of the molecule is O=C(Nc1ccccc1)c1ccccc1O.[OH]. The van der Waals surface area contributed by atoms with Crippen molar-refractivity contribution in [3.05, 3.63) is 60.2 Å². The Morgan fingerprint density at radius 1 is 0.941 bits per heavy atom. The molecule has 4 heteroatoms. The van der Waals surface area contributed by atoms with Gasteiger partial charge >= 0.3 is 0 Å². The van der Waals surface area contributed by atoms with E-state index in [1.54, 1.807) is 30.3 Å². The minimum atomic E-state index is -0.315. The van der Waals surface area contributed by atoms with Crippen LogP contribution in [0.4, 0.5) is 5.69 Å². The zero-order valence-corrected chi connectivity index (χ0v) is 9.00. The lowest BCUT2D eigenvalue weighted by molar-refractivity contribution is 0.102. The zero-order valence-electron chi connectivity index (χ0n) is 9.00. The average Bonchev–Trinajstić information content (AvgIpc) is 2.31. The number of nitrogens with one attached hydrogen (secondary N) is 1. The molecule has 0 heterocycles. The lowest BCUT2D eigenvalue weighted by Gasteiger charge is -2.05. The number of carbonyl (C=O) groups excluding carboxylic acids is 1. The molecule has 0 fully saturated rings. The standard InChI is InChI=1S/C13H11NO2.HO/c15-12-9-5-4-8-11(12)13(16)14-10-6-2-1-3-7-10;/h1-9,15H,(H,14,16);1H. The van der Waals surface area contributed by atoms with Crippen LogP contribution in [0.2, 0.25) is 0 Å².